The maximum atomic E-state index is 8.73. The van der Waals surface area contributed by atoms with Crippen molar-refractivity contribution < 1.29 is 5.21 Å². The molecule has 0 aromatic carbocycles. The molecule has 1 rings (SSSR count). The molecular formula is C10H21N3O. The minimum atomic E-state index is 0.399. The van der Waals surface area contributed by atoms with Crippen LogP contribution in [0.25, 0.3) is 0 Å². The van der Waals surface area contributed by atoms with E-state index in [9.17, 15) is 0 Å². The number of hydrogen-bond acceptors (Lipinski definition) is 4. The summed E-state index contributed by atoms with van der Waals surface area (Å²) in [5, 5.41) is 12.1. The van der Waals surface area contributed by atoms with E-state index < -0.39 is 0 Å². The second-order valence-electron chi connectivity index (χ2n) is 4.35. The number of oxime groups is 1. The average molecular weight is 199 g/mol. The van der Waals surface area contributed by atoms with Crippen LogP contribution in [-0.4, -0.2) is 61.0 Å². The minimum Gasteiger partial charge on any atom is -0.411 e. The second-order valence-corrected chi connectivity index (χ2v) is 4.35. The Morgan fingerprint density at radius 2 is 2.29 bits per heavy atom. The summed E-state index contributed by atoms with van der Waals surface area (Å²) in [6.45, 7) is 6.37. The van der Waals surface area contributed by atoms with Crippen LogP contribution in [0.2, 0.25) is 0 Å². The molecule has 4 heteroatoms. The van der Waals surface area contributed by atoms with Gasteiger partial charge in [-0.3, -0.25) is 0 Å². The molecule has 0 radical (unpaired) electrons. The molecule has 0 aromatic rings. The number of likely N-dealkylation sites (N-methyl/N-ethyl adjacent to an activating group) is 1. The van der Waals surface area contributed by atoms with Crippen LogP contribution in [0.5, 0.6) is 0 Å². The van der Waals surface area contributed by atoms with Crippen molar-refractivity contribution in [1.29, 1.82) is 0 Å². The summed E-state index contributed by atoms with van der Waals surface area (Å²) in [6, 6.07) is 0. The topological polar surface area (TPSA) is 39.1 Å². The molecule has 1 aliphatic heterocycles. The Morgan fingerprint density at radius 3 is 2.79 bits per heavy atom. The normalized spacial score (nSPS) is 27.4. The Bertz CT molecular complexity index is 204. The van der Waals surface area contributed by atoms with Gasteiger partial charge in [-0.1, -0.05) is 12.1 Å². The predicted molar refractivity (Wildman–Crippen MR) is 58.0 cm³/mol. The highest BCUT2D eigenvalue weighted by Gasteiger charge is 2.21. The smallest absolute Gasteiger partial charge is 0.0624 e. The third kappa shape index (κ3) is 3.27. The molecule has 82 valence electrons. The minimum absolute atomic E-state index is 0.399. The van der Waals surface area contributed by atoms with Crippen molar-refractivity contribution in [2.75, 3.05) is 40.3 Å². The molecular weight excluding hydrogens is 178 g/mol. The number of hydrogen-bond donors (Lipinski definition) is 1. The molecule has 1 saturated heterocycles. The molecule has 1 atom stereocenters. The third-order valence-corrected chi connectivity index (χ3v) is 2.78. The Hall–Kier alpha value is -0.610. The van der Waals surface area contributed by atoms with E-state index in [1.165, 1.54) is 0 Å². The largest absolute Gasteiger partial charge is 0.411 e. The average Bonchev–Trinajstić information content (AvgIpc) is 2.15. The van der Waals surface area contributed by atoms with Crippen molar-refractivity contribution in [3.05, 3.63) is 0 Å². The van der Waals surface area contributed by atoms with Crippen LogP contribution >= 0.6 is 0 Å². The van der Waals surface area contributed by atoms with E-state index in [-0.39, 0.29) is 0 Å². The quantitative estimate of drug-likeness (QED) is 0.538. The highest BCUT2D eigenvalue weighted by Crippen LogP contribution is 2.13. The molecule has 4 nitrogen and oxygen atoms in total. The van der Waals surface area contributed by atoms with Crippen molar-refractivity contribution in [2.24, 2.45) is 11.1 Å². The van der Waals surface area contributed by atoms with Crippen LogP contribution in [0.4, 0.5) is 0 Å². The van der Waals surface area contributed by atoms with E-state index in [1.54, 1.807) is 0 Å². The standard InChI is InChI=1S/C10H21N3O/c1-9-8-13(7-6-12(2)3)5-4-10(9)11-14/h9,14H,4-8H2,1-3H3. The summed E-state index contributed by atoms with van der Waals surface area (Å²) >= 11 is 0. The maximum Gasteiger partial charge on any atom is 0.0624 e. The molecule has 0 amide bonds. The molecule has 1 N–H and O–H groups in total. The van der Waals surface area contributed by atoms with Gasteiger partial charge in [0.15, 0.2) is 0 Å². The van der Waals surface area contributed by atoms with Crippen molar-refractivity contribution in [3.8, 4) is 0 Å². The SMILES string of the molecule is CC1CN(CCN(C)C)CCC1=NO. The lowest BCUT2D eigenvalue weighted by Gasteiger charge is -2.32. The van der Waals surface area contributed by atoms with E-state index in [4.69, 9.17) is 5.21 Å². The van der Waals surface area contributed by atoms with Gasteiger partial charge in [-0.25, -0.2) is 0 Å². The lowest BCUT2D eigenvalue weighted by atomic mass is 9.98. The molecule has 0 aliphatic carbocycles. The van der Waals surface area contributed by atoms with Gasteiger partial charge in [0.1, 0.15) is 0 Å². The number of rotatable bonds is 3. The zero-order chi connectivity index (χ0) is 10.6. The fourth-order valence-corrected chi connectivity index (χ4v) is 1.80. The molecule has 1 aliphatic rings. The number of piperidine rings is 1. The van der Waals surface area contributed by atoms with Crippen LogP contribution in [-0.2, 0) is 0 Å². The fraction of sp³-hybridized carbons (Fsp3) is 0.900. The zero-order valence-electron chi connectivity index (χ0n) is 9.40. The Morgan fingerprint density at radius 1 is 1.57 bits per heavy atom. The van der Waals surface area contributed by atoms with Gasteiger partial charge in [0.25, 0.3) is 0 Å². The number of nitrogens with zero attached hydrogens (tertiary/aromatic N) is 3. The zero-order valence-corrected chi connectivity index (χ0v) is 9.40. The van der Waals surface area contributed by atoms with Gasteiger partial charge in [-0.15, -0.1) is 0 Å². The van der Waals surface area contributed by atoms with E-state index >= 15 is 0 Å². The van der Waals surface area contributed by atoms with Gasteiger partial charge in [0.05, 0.1) is 5.71 Å². The van der Waals surface area contributed by atoms with Crippen LogP contribution in [0, 0.1) is 5.92 Å². The fourth-order valence-electron chi connectivity index (χ4n) is 1.80. The number of likely N-dealkylation sites (tertiary alicyclic amines) is 1. The molecule has 1 unspecified atom stereocenters. The first-order valence-electron chi connectivity index (χ1n) is 5.21. The first-order chi connectivity index (χ1) is 6.63. The third-order valence-electron chi connectivity index (χ3n) is 2.78. The van der Waals surface area contributed by atoms with Crippen LogP contribution in [0.3, 0.4) is 0 Å². The lowest BCUT2D eigenvalue weighted by molar-refractivity contribution is 0.214. The van der Waals surface area contributed by atoms with Crippen molar-refractivity contribution in [2.45, 2.75) is 13.3 Å². The van der Waals surface area contributed by atoms with Gasteiger partial charge in [-0.2, -0.15) is 0 Å². The van der Waals surface area contributed by atoms with Crippen molar-refractivity contribution in [3.63, 3.8) is 0 Å². The molecule has 0 bridgehead atoms. The summed E-state index contributed by atoms with van der Waals surface area (Å²) in [5.41, 5.74) is 0.950. The molecule has 14 heavy (non-hydrogen) atoms. The van der Waals surface area contributed by atoms with E-state index in [0.29, 0.717) is 5.92 Å². The van der Waals surface area contributed by atoms with E-state index in [0.717, 1.165) is 38.3 Å². The first kappa shape index (κ1) is 11.5. The van der Waals surface area contributed by atoms with Crippen molar-refractivity contribution >= 4 is 5.71 Å². The summed E-state index contributed by atoms with van der Waals surface area (Å²) < 4.78 is 0. The summed E-state index contributed by atoms with van der Waals surface area (Å²) in [6.07, 6.45) is 0.908. The molecule has 1 heterocycles. The lowest BCUT2D eigenvalue weighted by Crippen LogP contribution is -2.42. The highest BCUT2D eigenvalue weighted by molar-refractivity contribution is 5.86. The highest BCUT2D eigenvalue weighted by atomic mass is 16.4. The first-order valence-corrected chi connectivity index (χ1v) is 5.21. The van der Waals surface area contributed by atoms with Gasteiger partial charge >= 0.3 is 0 Å². The monoisotopic (exact) mass is 199 g/mol. The molecule has 0 spiro atoms. The van der Waals surface area contributed by atoms with Gasteiger partial charge in [0, 0.05) is 38.5 Å². The van der Waals surface area contributed by atoms with Crippen molar-refractivity contribution in [1.82, 2.24) is 9.80 Å². The second kappa shape index (κ2) is 5.32. The molecule has 0 aromatic heterocycles. The molecule has 0 saturated carbocycles. The Labute approximate surface area is 86.2 Å². The Kier molecular flexibility index (Phi) is 4.35. The van der Waals surface area contributed by atoms with Crippen LogP contribution in [0.15, 0.2) is 5.16 Å². The van der Waals surface area contributed by atoms with E-state index in [1.807, 2.05) is 0 Å². The predicted octanol–water partition coefficient (Wildman–Crippen LogP) is 0.720. The molecule has 1 fully saturated rings. The van der Waals surface area contributed by atoms with Gasteiger partial charge < -0.3 is 15.0 Å². The Balaban J connectivity index is 2.32. The summed E-state index contributed by atoms with van der Waals surface area (Å²) in [7, 11) is 4.18. The van der Waals surface area contributed by atoms with Crippen LogP contribution < -0.4 is 0 Å². The van der Waals surface area contributed by atoms with E-state index in [2.05, 4.69) is 36.0 Å². The maximum absolute atomic E-state index is 8.73. The van der Waals surface area contributed by atoms with Gasteiger partial charge in [-0.05, 0) is 14.1 Å². The van der Waals surface area contributed by atoms with Gasteiger partial charge in [0.2, 0.25) is 0 Å². The van der Waals surface area contributed by atoms with Crippen LogP contribution in [0.1, 0.15) is 13.3 Å². The summed E-state index contributed by atoms with van der Waals surface area (Å²) in [5.74, 6) is 0.399. The summed E-state index contributed by atoms with van der Waals surface area (Å²) in [4.78, 5) is 4.62.